The summed E-state index contributed by atoms with van der Waals surface area (Å²) >= 11 is 0. The molecule has 1 N–H and O–H groups in total. The Hall–Kier alpha value is -2.04. The fraction of sp³-hybridized carbons (Fsp3) is 0.652. The van der Waals surface area contributed by atoms with Crippen molar-refractivity contribution in [2.45, 2.75) is 57.4 Å². The lowest BCUT2D eigenvalue weighted by Crippen LogP contribution is -2.60. The van der Waals surface area contributed by atoms with Crippen molar-refractivity contribution in [1.82, 2.24) is 5.32 Å². The minimum atomic E-state index is -0.243. The first-order chi connectivity index (χ1) is 13.5. The molecule has 1 saturated heterocycles. The van der Waals surface area contributed by atoms with E-state index >= 15 is 0 Å². The second kappa shape index (κ2) is 6.78. The summed E-state index contributed by atoms with van der Waals surface area (Å²) in [7, 11) is 0. The third kappa shape index (κ3) is 3.19. The van der Waals surface area contributed by atoms with Crippen LogP contribution in [0.2, 0.25) is 0 Å². The Morgan fingerprint density at radius 1 is 1.11 bits per heavy atom. The molecule has 1 aliphatic heterocycles. The van der Waals surface area contributed by atoms with Gasteiger partial charge in [0.25, 0.3) is 0 Å². The van der Waals surface area contributed by atoms with Gasteiger partial charge in [-0.05, 0) is 87.5 Å². The van der Waals surface area contributed by atoms with Crippen molar-refractivity contribution in [3.05, 3.63) is 24.3 Å². The molecule has 4 bridgehead atoms. The van der Waals surface area contributed by atoms with E-state index in [0.29, 0.717) is 19.6 Å². The molecule has 1 unspecified atom stereocenters. The molecule has 28 heavy (non-hydrogen) atoms. The maximum Gasteiger partial charge on any atom is 0.227 e. The van der Waals surface area contributed by atoms with Crippen molar-refractivity contribution in [2.75, 3.05) is 18.1 Å². The van der Waals surface area contributed by atoms with Crippen LogP contribution < -0.4 is 15.0 Å². The van der Waals surface area contributed by atoms with E-state index in [-0.39, 0.29) is 23.3 Å². The maximum atomic E-state index is 13.1. The third-order valence-electron chi connectivity index (χ3n) is 7.38. The molecule has 1 atom stereocenters. The third-order valence-corrected chi connectivity index (χ3v) is 7.38. The summed E-state index contributed by atoms with van der Waals surface area (Å²) in [6.07, 6.45) is 7.84. The van der Waals surface area contributed by atoms with Gasteiger partial charge in [0.1, 0.15) is 5.75 Å². The monoisotopic (exact) mass is 382 g/mol. The number of anilines is 1. The molecular formula is C23H30N2O3. The van der Waals surface area contributed by atoms with Crippen LogP contribution in [0.25, 0.3) is 0 Å². The number of hydrogen-bond acceptors (Lipinski definition) is 3. The predicted octanol–water partition coefficient (Wildman–Crippen LogP) is 3.52. The molecule has 5 heteroatoms. The summed E-state index contributed by atoms with van der Waals surface area (Å²) in [5.41, 5.74) is 0.861. The summed E-state index contributed by atoms with van der Waals surface area (Å²) < 4.78 is 5.48. The van der Waals surface area contributed by atoms with Gasteiger partial charge in [-0.15, -0.1) is 0 Å². The number of benzene rings is 1. The van der Waals surface area contributed by atoms with Crippen molar-refractivity contribution < 1.29 is 14.3 Å². The number of carbonyl (C=O) groups is 2. The summed E-state index contributed by atoms with van der Waals surface area (Å²) in [4.78, 5) is 27.4. The standard InChI is InChI=1S/C23H30N2O3/c1-2-28-20-5-3-19(4-6-20)25-14-18(10-21(25)26)22(27)24-23-11-15-7-16(12-23)9-17(8-15)13-23/h3-6,15-18H,2,7-14H2,1H3,(H,24,27). The van der Waals surface area contributed by atoms with Gasteiger partial charge in [0.2, 0.25) is 11.8 Å². The lowest BCUT2D eigenvalue weighted by molar-refractivity contribution is -0.131. The Bertz CT molecular complexity index is 737. The smallest absolute Gasteiger partial charge is 0.227 e. The van der Waals surface area contributed by atoms with Crippen LogP contribution in [-0.4, -0.2) is 30.5 Å². The number of amides is 2. The average molecular weight is 383 g/mol. The molecule has 1 aromatic carbocycles. The first-order valence-electron chi connectivity index (χ1n) is 10.9. The number of nitrogens with zero attached hydrogens (tertiary/aromatic N) is 1. The van der Waals surface area contributed by atoms with Crippen LogP contribution >= 0.6 is 0 Å². The fourth-order valence-electron chi connectivity index (χ4n) is 6.65. The lowest BCUT2D eigenvalue weighted by Gasteiger charge is -2.57. The highest BCUT2D eigenvalue weighted by Gasteiger charge is 2.52. The first-order valence-corrected chi connectivity index (χ1v) is 10.9. The van der Waals surface area contributed by atoms with Gasteiger partial charge in [0.15, 0.2) is 0 Å². The molecule has 4 aliphatic carbocycles. The SMILES string of the molecule is CCOc1ccc(N2CC(C(=O)NC34CC5CC(CC(C5)C3)C4)CC2=O)cc1. The largest absolute Gasteiger partial charge is 0.494 e. The average Bonchev–Trinajstić information content (AvgIpc) is 3.03. The van der Waals surface area contributed by atoms with Crippen molar-refractivity contribution >= 4 is 17.5 Å². The second-order valence-electron chi connectivity index (χ2n) is 9.52. The van der Waals surface area contributed by atoms with E-state index in [2.05, 4.69) is 5.32 Å². The molecule has 0 spiro atoms. The van der Waals surface area contributed by atoms with E-state index in [1.807, 2.05) is 31.2 Å². The minimum Gasteiger partial charge on any atom is -0.494 e. The van der Waals surface area contributed by atoms with Crippen molar-refractivity contribution in [1.29, 1.82) is 0 Å². The topological polar surface area (TPSA) is 58.6 Å². The quantitative estimate of drug-likeness (QED) is 0.848. The van der Waals surface area contributed by atoms with Crippen molar-refractivity contribution in [3.8, 4) is 5.75 Å². The first kappa shape index (κ1) is 18.0. The molecule has 5 fully saturated rings. The Kier molecular flexibility index (Phi) is 4.37. The van der Waals surface area contributed by atoms with E-state index in [1.54, 1.807) is 4.90 Å². The van der Waals surface area contributed by atoms with Crippen LogP contribution in [0.15, 0.2) is 24.3 Å². The molecule has 5 aliphatic rings. The second-order valence-corrected chi connectivity index (χ2v) is 9.52. The van der Waals surface area contributed by atoms with E-state index in [4.69, 9.17) is 4.74 Å². The molecule has 2 amide bonds. The Labute approximate surface area is 166 Å². The van der Waals surface area contributed by atoms with Gasteiger partial charge in [-0.3, -0.25) is 9.59 Å². The van der Waals surface area contributed by atoms with Crippen LogP contribution in [0, 0.1) is 23.7 Å². The lowest BCUT2D eigenvalue weighted by atomic mass is 9.53. The van der Waals surface area contributed by atoms with E-state index < -0.39 is 0 Å². The molecule has 6 rings (SSSR count). The predicted molar refractivity (Wildman–Crippen MR) is 107 cm³/mol. The van der Waals surface area contributed by atoms with Gasteiger partial charge < -0.3 is 15.0 Å². The van der Waals surface area contributed by atoms with Gasteiger partial charge >= 0.3 is 0 Å². The van der Waals surface area contributed by atoms with Gasteiger partial charge in [-0.1, -0.05) is 0 Å². The molecule has 5 nitrogen and oxygen atoms in total. The number of carbonyl (C=O) groups excluding carboxylic acids is 2. The molecule has 0 aromatic heterocycles. The zero-order valence-electron chi connectivity index (χ0n) is 16.7. The van der Waals surface area contributed by atoms with Gasteiger partial charge in [-0.25, -0.2) is 0 Å². The molecular weight excluding hydrogens is 352 g/mol. The summed E-state index contributed by atoms with van der Waals surface area (Å²) in [6, 6.07) is 7.58. The zero-order chi connectivity index (χ0) is 19.3. The highest BCUT2D eigenvalue weighted by atomic mass is 16.5. The van der Waals surface area contributed by atoms with Crippen LogP contribution in [0.5, 0.6) is 5.75 Å². The molecule has 0 radical (unpaired) electrons. The normalized spacial score (nSPS) is 36.0. The number of nitrogens with one attached hydrogen (secondary N) is 1. The Morgan fingerprint density at radius 3 is 2.29 bits per heavy atom. The summed E-state index contributed by atoms with van der Waals surface area (Å²) in [6.45, 7) is 3.05. The summed E-state index contributed by atoms with van der Waals surface area (Å²) in [5, 5.41) is 3.45. The van der Waals surface area contributed by atoms with E-state index in [0.717, 1.165) is 48.5 Å². The molecule has 150 valence electrons. The number of ether oxygens (including phenoxy) is 1. The molecule has 4 saturated carbocycles. The Morgan fingerprint density at radius 2 is 1.71 bits per heavy atom. The van der Waals surface area contributed by atoms with Crippen LogP contribution in [0.1, 0.15) is 51.9 Å². The van der Waals surface area contributed by atoms with Crippen molar-refractivity contribution in [2.24, 2.45) is 23.7 Å². The summed E-state index contributed by atoms with van der Waals surface area (Å²) in [5.74, 6) is 3.09. The molecule has 1 heterocycles. The van der Waals surface area contributed by atoms with Gasteiger partial charge in [-0.2, -0.15) is 0 Å². The van der Waals surface area contributed by atoms with E-state index in [1.165, 1.54) is 19.3 Å². The Balaban J connectivity index is 1.25. The fourth-order valence-corrected chi connectivity index (χ4v) is 6.65. The maximum absolute atomic E-state index is 13.1. The minimum absolute atomic E-state index is 0.0153. The van der Waals surface area contributed by atoms with E-state index in [9.17, 15) is 9.59 Å². The van der Waals surface area contributed by atoms with Gasteiger partial charge in [0, 0.05) is 24.2 Å². The van der Waals surface area contributed by atoms with Crippen molar-refractivity contribution in [3.63, 3.8) is 0 Å². The van der Waals surface area contributed by atoms with Gasteiger partial charge in [0.05, 0.1) is 12.5 Å². The number of hydrogen-bond donors (Lipinski definition) is 1. The van der Waals surface area contributed by atoms with Crippen LogP contribution in [0.3, 0.4) is 0 Å². The zero-order valence-corrected chi connectivity index (χ0v) is 16.7. The highest BCUT2D eigenvalue weighted by Crippen LogP contribution is 2.55. The molecule has 1 aromatic rings. The van der Waals surface area contributed by atoms with Crippen LogP contribution in [0.4, 0.5) is 5.69 Å². The highest BCUT2D eigenvalue weighted by molar-refractivity contribution is 6.00. The number of rotatable bonds is 5. The van der Waals surface area contributed by atoms with Crippen LogP contribution in [-0.2, 0) is 9.59 Å².